The highest BCUT2D eigenvalue weighted by Crippen LogP contribution is 2.24. The third-order valence-electron chi connectivity index (χ3n) is 3.71. The van der Waals surface area contributed by atoms with E-state index in [9.17, 15) is 5.11 Å². The molecule has 3 aromatic rings. The largest absolute Gasteiger partial charge is 0.390 e. The SMILES string of the molecule is Cc1ccc(Cn2cc(CO)nc2SCc2ccc(Br)cc2)cc1. The number of halogens is 1. The molecule has 0 radical (unpaired) electrons. The molecular weight excluding hydrogens is 384 g/mol. The van der Waals surface area contributed by atoms with E-state index in [1.807, 2.05) is 18.3 Å². The second-order valence-corrected chi connectivity index (χ2v) is 7.56. The van der Waals surface area contributed by atoms with E-state index in [1.54, 1.807) is 11.8 Å². The Morgan fingerprint density at radius 2 is 1.71 bits per heavy atom. The fourth-order valence-electron chi connectivity index (χ4n) is 2.37. The minimum atomic E-state index is -0.0350. The maximum absolute atomic E-state index is 9.40. The number of aliphatic hydroxyl groups is 1. The third kappa shape index (κ3) is 4.50. The van der Waals surface area contributed by atoms with Gasteiger partial charge in [0.15, 0.2) is 5.16 Å². The van der Waals surface area contributed by atoms with Crippen molar-refractivity contribution < 1.29 is 5.11 Å². The molecule has 3 nitrogen and oxygen atoms in total. The van der Waals surface area contributed by atoms with E-state index in [2.05, 4.69) is 68.8 Å². The molecule has 24 heavy (non-hydrogen) atoms. The molecule has 0 aliphatic carbocycles. The van der Waals surface area contributed by atoms with E-state index in [0.29, 0.717) is 5.69 Å². The topological polar surface area (TPSA) is 38.0 Å². The molecule has 0 aliphatic rings. The van der Waals surface area contributed by atoms with E-state index in [4.69, 9.17) is 0 Å². The van der Waals surface area contributed by atoms with Gasteiger partial charge in [-0.25, -0.2) is 4.98 Å². The van der Waals surface area contributed by atoms with Gasteiger partial charge in [-0.05, 0) is 30.2 Å². The van der Waals surface area contributed by atoms with Gasteiger partial charge in [-0.15, -0.1) is 0 Å². The Morgan fingerprint density at radius 3 is 2.38 bits per heavy atom. The lowest BCUT2D eigenvalue weighted by atomic mass is 10.1. The van der Waals surface area contributed by atoms with Gasteiger partial charge in [-0.1, -0.05) is 69.7 Å². The first kappa shape index (κ1) is 17.3. The van der Waals surface area contributed by atoms with Crippen LogP contribution in [0.2, 0.25) is 0 Å². The molecule has 0 amide bonds. The smallest absolute Gasteiger partial charge is 0.168 e. The van der Waals surface area contributed by atoms with Crippen LogP contribution in [0.3, 0.4) is 0 Å². The standard InChI is InChI=1S/C19H19BrN2OS/c1-14-2-4-15(5-3-14)10-22-11-18(12-23)21-19(22)24-13-16-6-8-17(20)9-7-16/h2-9,11,23H,10,12-13H2,1H3. The molecule has 3 rings (SSSR count). The molecule has 1 aromatic heterocycles. The quantitative estimate of drug-likeness (QED) is 0.602. The molecule has 124 valence electrons. The van der Waals surface area contributed by atoms with Crippen molar-refractivity contribution in [2.75, 3.05) is 0 Å². The highest BCUT2D eigenvalue weighted by Gasteiger charge is 2.09. The van der Waals surface area contributed by atoms with Gasteiger partial charge in [0.2, 0.25) is 0 Å². The molecule has 0 bridgehead atoms. The van der Waals surface area contributed by atoms with Gasteiger partial charge >= 0.3 is 0 Å². The van der Waals surface area contributed by atoms with Crippen LogP contribution in [-0.4, -0.2) is 14.7 Å². The number of hydrogen-bond donors (Lipinski definition) is 1. The lowest BCUT2D eigenvalue weighted by Gasteiger charge is -2.08. The molecule has 0 saturated carbocycles. The Morgan fingerprint density at radius 1 is 1.04 bits per heavy atom. The summed E-state index contributed by atoms with van der Waals surface area (Å²) in [4.78, 5) is 4.54. The molecule has 0 fully saturated rings. The summed E-state index contributed by atoms with van der Waals surface area (Å²) in [6.07, 6.45) is 1.93. The van der Waals surface area contributed by atoms with Gasteiger partial charge in [0.05, 0.1) is 12.3 Å². The van der Waals surface area contributed by atoms with Gasteiger partial charge in [-0.3, -0.25) is 0 Å². The van der Waals surface area contributed by atoms with E-state index in [-0.39, 0.29) is 6.61 Å². The molecular formula is C19H19BrN2OS. The zero-order valence-electron chi connectivity index (χ0n) is 13.4. The molecule has 1 N–H and O–H groups in total. The number of benzene rings is 2. The first-order chi connectivity index (χ1) is 11.6. The number of thioether (sulfide) groups is 1. The van der Waals surface area contributed by atoms with Crippen LogP contribution < -0.4 is 0 Å². The van der Waals surface area contributed by atoms with Crippen molar-refractivity contribution in [3.63, 3.8) is 0 Å². The van der Waals surface area contributed by atoms with Gasteiger partial charge in [0.25, 0.3) is 0 Å². The van der Waals surface area contributed by atoms with Crippen molar-refractivity contribution in [3.05, 3.63) is 81.6 Å². The number of aromatic nitrogens is 2. The number of rotatable bonds is 6. The Hall–Kier alpha value is -1.56. The van der Waals surface area contributed by atoms with Crippen LogP contribution in [-0.2, 0) is 18.9 Å². The van der Waals surface area contributed by atoms with Gasteiger partial charge in [-0.2, -0.15) is 0 Å². The average Bonchev–Trinajstić information content (AvgIpc) is 2.98. The number of imidazole rings is 1. The lowest BCUT2D eigenvalue weighted by Crippen LogP contribution is -2.00. The normalized spacial score (nSPS) is 11.0. The van der Waals surface area contributed by atoms with Crippen LogP contribution in [0, 0.1) is 6.92 Å². The van der Waals surface area contributed by atoms with Crippen LogP contribution in [0.15, 0.2) is 64.4 Å². The summed E-state index contributed by atoms with van der Waals surface area (Å²) in [5.74, 6) is 0.850. The first-order valence-electron chi connectivity index (χ1n) is 7.74. The second kappa shape index (κ2) is 8.01. The van der Waals surface area contributed by atoms with Gasteiger partial charge < -0.3 is 9.67 Å². The molecule has 2 aromatic carbocycles. The van der Waals surface area contributed by atoms with Crippen molar-refractivity contribution in [1.29, 1.82) is 0 Å². The number of aryl methyl sites for hydroxylation is 1. The summed E-state index contributed by atoms with van der Waals surface area (Å²) in [5, 5.41) is 10.3. The average molecular weight is 403 g/mol. The summed E-state index contributed by atoms with van der Waals surface area (Å²) in [5.41, 5.74) is 4.44. The Kier molecular flexibility index (Phi) is 5.76. The van der Waals surface area contributed by atoms with Gasteiger partial charge in [0.1, 0.15) is 0 Å². The molecule has 0 saturated heterocycles. The maximum atomic E-state index is 9.40. The zero-order valence-corrected chi connectivity index (χ0v) is 15.8. The van der Waals surface area contributed by atoms with Crippen LogP contribution in [0.4, 0.5) is 0 Å². The van der Waals surface area contributed by atoms with E-state index >= 15 is 0 Å². The summed E-state index contributed by atoms with van der Waals surface area (Å²) < 4.78 is 3.19. The van der Waals surface area contributed by atoms with Crippen LogP contribution >= 0.6 is 27.7 Å². The zero-order chi connectivity index (χ0) is 16.9. The van der Waals surface area contributed by atoms with Crippen LogP contribution in [0.5, 0.6) is 0 Å². The second-order valence-electron chi connectivity index (χ2n) is 5.70. The third-order valence-corrected chi connectivity index (χ3v) is 5.30. The van der Waals surface area contributed by atoms with Crippen molar-refractivity contribution >= 4 is 27.7 Å². The predicted molar refractivity (Wildman–Crippen MR) is 102 cm³/mol. The monoisotopic (exact) mass is 402 g/mol. The van der Waals surface area contributed by atoms with Crippen molar-refractivity contribution in [3.8, 4) is 0 Å². The summed E-state index contributed by atoms with van der Waals surface area (Å²) in [6.45, 7) is 2.81. The molecule has 0 aliphatic heterocycles. The maximum Gasteiger partial charge on any atom is 0.168 e. The lowest BCUT2D eigenvalue weighted by molar-refractivity contribution is 0.277. The van der Waals surface area contributed by atoms with Gasteiger partial charge in [0, 0.05) is 23.0 Å². The molecule has 1 heterocycles. The van der Waals surface area contributed by atoms with E-state index < -0.39 is 0 Å². The summed E-state index contributed by atoms with van der Waals surface area (Å²) in [6, 6.07) is 16.8. The number of nitrogens with zero attached hydrogens (tertiary/aromatic N) is 2. The van der Waals surface area contributed by atoms with Crippen molar-refractivity contribution in [1.82, 2.24) is 9.55 Å². The minimum absolute atomic E-state index is 0.0350. The molecule has 5 heteroatoms. The summed E-state index contributed by atoms with van der Waals surface area (Å²) >= 11 is 5.15. The minimum Gasteiger partial charge on any atom is -0.390 e. The molecule has 0 spiro atoms. The highest BCUT2D eigenvalue weighted by atomic mass is 79.9. The van der Waals surface area contributed by atoms with Crippen LogP contribution in [0.25, 0.3) is 0 Å². The summed E-state index contributed by atoms with van der Waals surface area (Å²) in [7, 11) is 0. The number of aliphatic hydroxyl groups excluding tert-OH is 1. The van der Waals surface area contributed by atoms with E-state index in [0.717, 1.165) is 21.9 Å². The highest BCUT2D eigenvalue weighted by molar-refractivity contribution is 9.10. The Bertz CT molecular complexity index is 797. The Balaban J connectivity index is 1.75. The van der Waals surface area contributed by atoms with Crippen molar-refractivity contribution in [2.24, 2.45) is 0 Å². The fourth-order valence-corrected chi connectivity index (χ4v) is 3.59. The molecule has 0 atom stereocenters. The van der Waals surface area contributed by atoms with Crippen LogP contribution in [0.1, 0.15) is 22.4 Å². The van der Waals surface area contributed by atoms with E-state index in [1.165, 1.54) is 16.7 Å². The Labute approximate surface area is 154 Å². The number of hydrogen-bond acceptors (Lipinski definition) is 3. The van der Waals surface area contributed by atoms with Crippen molar-refractivity contribution in [2.45, 2.75) is 31.0 Å². The first-order valence-corrected chi connectivity index (χ1v) is 9.51. The fraction of sp³-hybridized carbons (Fsp3) is 0.211. The molecule has 0 unspecified atom stereocenters. The predicted octanol–water partition coefficient (Wildman–Crippen LogP) is 4.79.